The summed E-state index contributed by atoms with van der Waals surface area (Å²) < 4.78 is 5.63. The van der Waals surface area contributed by atoms with Crippen molar-refractivity contribution in [3.05, 3.63) is 0 Å². The van der Waals surface area contributed by atoms with E-state index in [-0.39, 0.29) is 12.4 Å². The third-order valence-electron chi connectivity index (χ3n) is 3.56. The van der Waals surface area contributed by atoms with Crippen LogP contribution in [0.2, 0.25) is 0 Å². The lowest BCUT2D eigenvalue weighted by Crippen LogP contribution is -2.36. The van der Waals surface area contributed by atoms with Crippen molar-refractivity contribution in [2.75, 3.05) is 0 Å². The van der Waals surface area contributed by atoms with Crippen LogP contribution in [0.25, 0.3) is 0 Å². The Labute approximate surface area is 110 Å². The first-order valence-electron chi connectivity index (χ1n) is 6.89. The van der Waals surface area contributed by atoms with Gasteiger partial charge in [0.05, 0.1) is 12.3 Å². The van der Waals surface area contributed by atoms with Crippen molar-refractivity contribution in [2.45, 2.75) is 71.8 Å². The lowest BCUT2D eigenvalue weighted by molar-refractivity contribution is -0.169. The first kappa shape index (κ1) is 16.9. The summed E-state index contributed by atoms with van der Waals surface area (Å²) in [4.78, 5) is 22.7. The van der Waals surface area contributed by atoms with Crippen molar-refractivity contribution in [2.24, 2.45) is 5.92 Å². The maximum atomic E-state index is 12.0. The number of carbonyl (C=O) groups is 2. The highest BCUT2D eigenvalue weighted by Gasteiger charge is 2.32. The van der Waals surface area contributed by atoms with E-state index in [0.717, 1.165) is 25.7 Å². The second-order valence-electron chi connectivity index (χ2n) is 4.76. The molecule has 106 valence electrons. The Morgan fingerprint density at radius 1 is 1.17 bits per heavy atom. The quantitative estimate of drug-likeness (QED) is 0.644. The highest BCUT2D eigenvalue weighted by molar-refractivity contribution is 5.79. The molecule has 0 amide bonds. The van der Waals surface area contributed by atoms with Gasteiger partial charge < -0.3 is 9.84 Å². The Morgan fingerprint density at radius 2 is 1.72 bits per heavy atom. The van der Waals surface area contributed by atoms with Crippen molar-refractivity contribution >= 4 is 11.9 Å². The van der Waals surface area contributed by atoms with E-state index in [1.54, 1.807) is 0 Å². The van der Waals surface area contributed by atoms with Gasteiger partial charge in [0.15, 0.2) is 0 Å². The number of carboxylic acids is 1. The van der Waals surface area contributed by atoms with Crippen LogP contribution in [0.5, 0.6) is 0 Å². The van der Waals surface area contributed by atoms with Gasteiger partial charge in [-0.05, 0) is 25.7 Å². The van der Waals surface area contributed by atoms with Crippen LogP contribution in [-0.4, -0.2) is 22.6 Å². The SMILES string of the molecule is CCCC(CC)(CC)OC(=O)C(CC)CC(=O)O. The Hall–Kier alpha value is -1.06. The highest BCUT2D eigenvalue weighted by atomic mass is 16.6. The van der Waals surface area contributed by atoms with Gasteiger partial charge in [-0.1, -0.05) is 34.1 Å². The number of carbonyl (C=O) groups excluding carboxylic acids is 1. The predicted octanol–water partition coefficient (Wildman–Crippen LogP) is 3.39. The molecule has 0 heterocycles. The number of aliphatic carboxylic acids is 1. The molecule has 0 radical (unpaired) electrons. The molecule has 0 fully saturated rings. The molecule has 0 aromatic carbocycles. The van der Waals surface area contributed by atoms with Crippen molar-refractivity contribution in [3.8, 4) is 0 Å². The lowest BCUT2D eigenvalue weighted by Gasteiger charge is -2.32. The number of hydrogen-bond donors (Lipinski definition) is 1. The molecule has 0 aliphatic heterocycles. The monoisotopic (exact) mass is 258 g/mol. The van der Waals surface area contributed by atoms with E-state index in [0.29, 0.717) is 6.42 Å². The van der Waals surface area contributed by atoms with Crippen LogP contribution in [-0.2, 0) is 14.3 Å². The molecule has 0 aromatic rings. The van der Waals surface area contributed by atoms with Crippen molar-refractivity contribution < 1.29 is 19.4 Å². The minimum absolute atomic E-state index is 0.148. The molecule has 0 saturated carbocycles. The first-order valence-corrected chi connectivity index (χ1v) is 6.89. The van der Waals surface area contributed by atoms with Gasteiger partial charge in [0.1, 0.15) is 5.60 Å². The molecule has 0 spiro atoms. The second kappa shape index (κ2) is 8.11. The summed E-state index contributed by atoms with van der Waals surface area (Å²) in [7, 11) is 0. The lowest BCUT2D eigenvalue weighted by atomic mass is 9.91. The van der Waals surface area contributed by atoms with Gasteiger partial charge in [-0.15, -0.1) is 0 Å². The van der Waals surface area contributed by atoms with E-state index < -0.39 is 17.5 Å². The number of hydrogen-bond acceptors (Lipinski definition) is 3. The molecule has 18 heavy (non-hydrogen) atoms. The van der Waals surface area contributed by atoms with Crippen LogP contribution in [0.15, 0.2) is 0 Å². The summed E-state index contributed by atoms with van der Waals surface area (Å²) in [5, 5.41) is 8.77. The molecule has 0 rings (SSSR count). The fourth-order valence-electron chi connectivity index (χ4n) is 2.16. The number of ether oxygens (including phenoxy) is 1. The van der Waals surface area contributed by atoms with Crippen LogP contribution in [0.3, 0.4) is 0 Å². The minimum Gasteiger partial charge on any atom is -0.481 e. The third kappa shape index (κ3) is 5.07. The van der Waals surface area contributed by atoms with E-state index in [9.17, 15) is 9.59 Å². The molecular weight excluding hydrogens is 232 g/mol. The Morgan fingerprint density at radius 3 is 2.06 bits per heavy atom. The second-order valence-corrected chi connectivity index (χ2v) is 4.76. The summed E-state index contributed by atoms with van der Waals surface area (Å²) in [5.41, 5.74) is -0.419. The average Bonchev–Trinajstić information content (AvgIpc) is 2.34. The molecule has 4 heteroatoms. The molecule has 1 unspecified atom stereocenters. The van der Waals surface area contributed by atoms with Crippen LogP contribution in [0.4, 0.5) is 0 Å². The molecule has 0 saturated heterocycles. The maximum absolute atomic E-state index is 12.0. The number of esters is 1. The normalized spacial score (nSPS) is 13.1. The fraction of sp³-hybridized carbons (Fsp3) is 0.857. The van der Waals surface area contributed by atoms with E-state index >= 15 is 0 Å². The fourth-order valence-corrected chi connectivity index (χ4v) is 2.16. The zero-order chi connectivity index (χ0) is 14.2. The molecule has 0 aromatic heterocycles. The predicted molar refractivity (Wildman–Crippen MR) is 70.3 cm³/mol. The third-order valence-corrected chi connectivity index (χ3v) is 3.56. The number of rotatable bonds is 9. The molecule has 0 aliphatic carbocycles. The van der Waals surface area contributed by atoms with Crippen molar-refractivity contribution in [3.63, 3.8) is 0 Å². The maximum Gasteiger partial charge on any atom is 0.310 e. The molecule has 1 atom stereocenters. The van der Waals surface area contributed by atoms with Gasteiger partial charge in [-0.2, -0.15) is 0 Å². The number of carboxylic acid groups (broad SMARTS) is 1. The average molecular weight is 258 g/mol. The van der Waals surface area contributed by atoms with Crippen molar-refractivity contribution in [1.82, 2.24) is 0 Å². The summed E-state index contributed by atoms with van der Waals surface area (Å²) in [6, 6.07) is 0. The smallest absolute Gasteiger partial charge is 0.310 e. The largest absolute Gasteiger partial charge is 0.481 e. The highest BCUT2D eigenvalue weighted by Crippen LogP contribution is 2.28. The molecular formula is C14H26O4. The van der Waals surface area contributed by atoms with E-state index in [1.165, 1.54) is 0 Å². The first-order chi connectivity index (χ1) is 8.44. The van der Waals surface area contributed by atoms with E-state index in [2.05, 4.69) is 6.92 Å². The van der Waals surface area contributed by atoms with Gasteiger partial charge in [0.2, 0.25) is 0 Å². The van der Waals surface area contributed by atoms with Crippen LogP contribution >= 0.6 is 0 Å². The topological polar surface area (TPSA) is 63.6 Å². The van der Waals surface area contributed by atoms with Gasteiger partial charge in [-0.3, -0.25) is 9.59 Å². The summed E-state index contributed by atoms with van der Waals surface area (Å²) >= 11 is 0. The summed E-state index contributed by atoms with van der Waals surface area (Å²) in [5.74, 6) is -1.85. The van der Waals surface area contributed by atoms with Crippen LogP contribution in [0, 0.1) is 5.92 Å². The van der Waals surface area contributed by atoms with Crippen molar-refractivity contribution in [1.29, 1.82) is 0 Å². The van der Waals surface area contributed by atoms with E-state index in [4.69, 9.17) is 9.84 Å². The summed E-state index contributed by atoms with van der Waals surface area (Å²) in [6.07, 6.45) is 3.67. The molecule has 0 bridgehead atoms. The molecule has 1 N–H and O–H groups in total. The minimum atomic E-state index is -0.951. The Kier molecular flexibility index (Phi) is 7.64. The van der Waals surface area contributed by atoms with Gasteiger partial charge in [0, 0.05) is 0 Å². The Balaban J connectivity index is 4.70. The van der Waals surface area contributed by atoms with E-state index in [1.807, 2.05) is 20.8 Å². The van der Waals surface area contributed by atoms with Gasteiger partial charge in [0.25, 0.3) is 0 Å². The van der Waals surface area contributed by atoms with Crippen LogP contribution in [0.1, 0.15) is 66.2 Å². The molecule has 4 nitrogen and oxygen atoms in total. The molecule has 0 aliphatic rings. The van der Waals surface area contributed by atoms with Crippen LogP contribution < -0.4 is 0 Å². The zero-order valence-electron chi connectivity index (χ0n) is 12.0. The van der Waals surface area contributed by atoms with Gasteiger partial charge >= 0.3 is 11.9 Å². The standard InChI is InChI=1S/C14H26O4/c1-5-9-14(7-3,8-4)18-13(17)11(6-2)10-12(15)16/h11H,5-10H2,1-4H3,(H,15,16). The zero-order valence-corrected chi connectivity index (χ0v) is 12.0. The Bertz CT molecular complexity index is 269. The van der Waals surface area contributed by atoms with Gasteiger partial charge in [-0.25, -0.2) is 0 Å². The summed E-state index contributed by atoms with van der Waals surface area (Å²) in [6.45, 7) is 7.88.